The Morgan fingerprint density at radius 1 is 1.17 bits per heavy atom. The lowest BCUT2D eigenvalue weighted by molar-refractivity contribution is 0.0705. The van der Waals surface area contributed by atoms with E-state index in [0.29, 0.717) is 12.1 Å². The number of likely N-dealkylation sites (tertiary alicyclic amines) is 1. The summed E-state index contributed by atoms with van der Waals surface area (Å²) < 4.78 is 7.24. The summed E-state index contributed by atoms with van der Waals surface area (Å²) in [5.74, 6) is 1.81. The predicted octanol–water partition coefficient (Wildman–Crippen LogP) is 3.15. The molecule has 1 fully saturated rings. The van der Waals surface area contributed by atoms with Crippen LogP contribution in [0.4, 0.5) is 0 Å². The highest BCUT2D eigenvalue weighted by molar-refractivity contribution is 5.99. The second-order valence-electron chi connectivity index (χ2n) is 7.46. The Kier molecular flexibility index (Phi) is 4.66. The summed E-state index contributed by atoms with van der Waals surface area (Å²) in [6, 6.07) is 13.4. The van der Waals surface area contributed by atoms with Crippen LogP contribution in [-0.2, 0) is 0 Å². The summed E-state index contributed by atoms with van der Waals surface area (Å²) in [6.07, 6.45) is 5.49. The monoisotopic (exact) mass is 402 g/mol. The molecule has 3 aromatic heterocycles. The van der Waals surface area contributed by atoms with Gasteiger partial charge in [-0.3, -0.25) is 14.3 Å². The Bertz CT molecular complexity index is 1180. The van der Waals surface area contributed by atoms with Gasteiger partial charge in [0.1, 0.15) is 11.6 Å². The van der Waals surface area contributed by atoms with E-state index in [2.05, 4.69) is 20.4 Å². The molecule has 1 saturated heterocycles. The van der Waals surface area contributed by atoms with Crippen molar-refractivity contribution in [3.8, 4) is 17.0 Å². The molecular formula is C22H22N6O2. The van der Waals surface area contributed by atoms with Crippen LogP contribution in [0.15, 0.2) is 54.9 Å². The van der Waals surface area contributed by atoms with E-state index in [1.165, 1.54) is 0 Å². The third-order valence-corrected chi connectivity index (χ3v) is 5.66. The van der Waals surface area contributed by atoms with Crippen LogP contribution in [0.5, 0.6) is 5.75 Å². The Balaban J connectivity index is 1.40. The molecule has 0 radical (unpaired) electrons. The lowest BCUT2D eigenvalue weighted by Gasteiger charge is -2.32. The number of amides is 1. The number of fused-ring (bicyclic) bond motifs is 1. The number of carbonyl (C=O) groups is 1. The zero-order chi connectivity index (χ0) is 20.5. The minimum absolute atomic E-state index is 0.0203. The number of carbonyl (C=O) groups excluding carboxylic acids is 1. The van der Waals surface area contributed by atoms with Gasteiger partial charge in [-0.2, -0.15) is 5.10 Å². The first-order valence-electron chi connectivity index (χ1n) is 10.0. The van der Waals surface area contributed by atoms with Gasteiger partial charge in [0, 0.05) is 30.8 Å². The largest absolute Gasteiger partial charge is 0.497 e. The maximum Gasteiger partial charge on any atom is 0.257 e. The normalized spacial score (nSPS) is 16.7. The number of ether oxygens (including phenoxy) is 1. The van der Waals surface area contributed by atoms with Gasteiger partial charge in [-0.15, -0.1) is 10.2 Å². The second-order valence-corrected chi connectivity index (χ2v) is 7.46. The molecule has 1 aromatic carbocycles. The number of aromatic nitrogens is 5. The van der Waals surface area contributed by atoms with Crippen molar-refractivity contribution in [2.45, 2.75) is 18.8 Å². The predicted molar refractivity (Wildman–Crippen MR) is 111 cm³/mol. The van der Waals surface area contributed by atoms with Gasteiger partial charge in [-0.05, 0) is 49.2 Å². The molecule has 0 spiro atoms. The van der Waals surface area contributed by atoms with E-state index in [1.807, 2.05) is 58.0 Å². The third kappa shape index (κ3) is 3.20. The maximum atomic E-state index is 13.4. The average Bonchev–Trinajstić information content (AvgIpc) is 3.46. The van der Waals surface area contributed by atoms with Crippen LogP contribution in [0.2, 0.25) is 0 Å². The van der Waals surface area contributed by atoms with Crippen LogP contribution < -0.4 is 4.74 Å². The molecule has 0 aliphatic carbocycles. The Morgan fingerprint density at radius 3 is 2.87 bits per heavy atom. The number of rotatable bonds is 4. The first kappa shape index (κ1) is 18.4. The van der Waals surface area contributed by atoms with Crippen LogP contribution in [-0.4, -0.2) is 55.8 Å². The van der Waals surface area contributed by atoms with E-state index < -0.39 is 0 Å². The van der Waals surface area contributed by atoms with Crippen LogP contribution >= 0.6 is 0 Å². The fourth-order valence-corrected chi connectivity index (χ4v) is 4.11. The minimum Gasteiger partial charge on any atom is -0.497 e. The first-order valence-corrected chi connectivity index (χ1v) is 10.0. The van der Waals surface area contributed by atoms with Gasteiger partial charge in [0.25, 0.3) is 5.91 Å². The number of piperidine rings is 1. The fourth-order valence-electron chi connectivity index (χ4n) is 4.11. The van der Waals surface area contributed by atoms with Crippen LogP contribution in [0.3, 0.4) is 0 Å². The van der Waals surface area contributed by atoms with E-state index in [4.69, 9.17) is 4.74 Å². The van der Waals surface area contributed by atoms with E-state index >= 15 is 0 Å². The molecule has 1 unspecified atom stereocenters. The van der Waals surface area contributed by atoms with Gasteiger partial charge in [-0.25, -0.2) is 0 Å². The summed E-state index contributed by atoms with van der Waals surface area (Å²) in [4.78, 5) is 15.3. The number of methoxy groups -OCH3 is 1. The number of H-pyrrole nitrogens is 1. The fraction of sp³-hybridized carbons (Fsp3) is 0.273. The van der Waals surface area contributed by atoms with Crippen molar-refractivity contribution < 1.29 is 9.53 Å². The highest BCUT2D eigenvalue weighted by Gasteiger charge is 2.30. The number of hydrogen-bond acceptors (Lipinski definition) is 5. The molecule has 152 valence electrons. The first-order chi connectivity index (χ1) is 14.7. The molecule has 8 nitrogen and oxygen atoms in total. The second kappa shape index (κ2) is 7.62. The number of nitrogens with one attached hydrogen (secondary N) is 1. The van der Waals surface area contributed by atoms with Gasteiger partial charge in [0.2, 0.25) is 0 Å². The highest BCUT2D eigenvalue weighted by atomic mass is 16.5. The molecule has 0 bridgehead atoms. The molecule has 5 rings (SSSR count). The smallest absolute Gasteiger partial charge is 0.257 e. The standard InChI is InChI=1S/C22H22N6O2/c1-30-17-9-7-15(8-10-17)20-18(13-23-25-20)22(29)27-11-4-5-16(14-27)21-26-24-19-6-2-3-12-28(19)21/h2-3,6-10,12-13,16H,4-5,11,14H2,1H3,(H,23,25). The molecule has 8 heteroatoms. The van der Waals surface area contributed by atoms with Crippen molar-refractivity contribution >= 4 is 11.6 Å². The van der Waals surface area contributed by atoms with Crippen molar-refractivity contribution in [1.29, 1.82) is 0 Å². The molecule has 4 aromatic rings. The van der Waals surface area contributed by atoms with E-state index in [1.54, 1.807) is 13.3 Å². The number of aromatic amines is 1. The molecule has 30 heavy (non-hydrogen) atoms. The van der Waals surface area contributed by atoms with Gasteiger partial charge in [-0.1, -0.05) is 6.07 Å². The number of pyridine rings is 1. The summed E-state index contributed by atoms with van der Waals surface area (Å²) in [6.45, 7) is 1.33. The molecule has 1 aliphatic rings. The van der Waals surface area contributed by atoms with Gasteiger partial charge < -0.3 is 9.64 Å². The molecule has 1 aliphatic heterocycles. The van der Waals surface area contributed by atoms with Crippen molar-refractivity contribution in [2.24, 2.45) is 0 Å². The zero-order valence-corrected chi connectivity index (χ0v) is 16.7. The van der Waals surface area contributed by atoms with Crippen LogP contribution in [0.25, 0.3) is 16.9 Å². The topological polar surface area (TPSA) is 88.4 Å². The van der Waals surface area contributed by atoms with Crippen molar-refractivity contribution in [3.63, 3.8) is 0 Å². The Hall–Kier alpha value is -3.68. The van der Waals surface area contributed by atoms with Gasteiger partial charge in [0.05, 0.1) is 24.6 Å². The number of benzene rings is 1. The van der Waals surface area contributed by atoms with Crippen molar-refractivity contribution in [1.82, 2.24) is 29.7 Å². The SMILES string of the molecule is COc1ccc(-c2[nH]ncc2C(=O)N2CCCC(c3nnc4ccccn34)C2)cc1. The lowest BCUT2D eigenvalue weighted by atomic mass is 9.96. The van der Waals surface area contributed by atoms with Crippen molar-refractivity contribution in [2.75, 3.05) is 20.2 Å². The zero-order valence-electron chi connectivity index (χ0n) is 16.7. The summed E-state index contributed by atoms with van der Waals surface area (Å²) in [5.41, 5.74) is 3.02. The van der Waals surface area contributed by atoms with Gasteiger partial charge in [0.15, 0.2) is 5.65 Å². The van der Waals surface area contributed by atoms with Crippen LogP contribution in [0.1, 0.15) is 34.9 Å². The third-order valence-electron chi connectivity index (χ3n) is 5.66. The maximum absolute atomic E-state index is 13.4. The highest BCUT2D eigenvalue weighted by Crippen LogP contribution is 2.29. The molecule has 0 saturated carbocycles. The molecule has 1 amide bonds. The summed E-state index contributed by atoms with van der Waals surface area (Å²) in [5, 5.41) is 15.8. The Morgan fingerprint density at radius 2 is 2.03 bits per heavy atom. The van der Waals surface area contributed by atoms with Crippen molar-refractivity contribution in [3.05, 3.63) is 66.2 Å². The minimum atomic E-state index is -0.0203. The molecule has 1 N–H and O–H groups in total. The van der Waals surface area contributed by atoms with Crippen LogP contribution in [0, 0.1) is 0 Å². The molecule has 1 atom stereocenters. The summed E-state index contributed by atoms with van der Waals surface area (Å²) in [7, 11) is 1.63. The number of nitrogens with zero attached hydrogens (tertiary/aromatic N) is 5. The van der Waals surface area contributed by atoms with E-state index in [-0.39, 0.29) is 11.8 Å². The Labute approximate surface area is 173 Å². The molecular weight excluding hydrogens is 380 g/mol. The van der Waals surface area contributed by atoms with E-state index in [0.717, 1.165) is 47.9 Å². The molecule has 4 heterocycles. The lowest BCUT2D eigenvalue weighted by Crippen LogP contribution is -2.39. The summed E-state index contributed by atoms with van der Waals surface area (Å²) >= 11 is 0. The number of hydrogen-bond donors (Lipinski definition) is 1. The van der Waals surface area contributed by atoms with Gasteiger partial charge >= 0.3 is 0 Å². The van der Waals surface area contributed by atoms with E-state index in [9.17, 15) is 4.79 Å². The quantitative estimate of drug-likeness (QED) is 0.567. The average molecular weight is 402 g/mol.